The Balaban J connectivity index is 0.00000320. The lowest BCUT2D eigenvalue weighted by molar-refractivity contribution is 0.222. The summed E-state index contributed by atoms with van der Waals surface area (Å²) in [5, 5.41) is 9.28. The van der Waals surface area contributed by atoms with Crippen LogP contribution in [0.25, 0.3) is 0 Å². The highest BCUT2D eigenvalue weighted by Gasteiger charge is 2.17. The fraction of sp³-hybridized carbons (Fsp3) is 0.364. The van der Waals surface area contributed by atoms with Crippen molar-refractivity contribution in [1.82, 2.24) is 15.5 Å². The average Bonchev–Trinajstić information content (AvgIpc) is 3.26. The molecule has 0 bridgehead atoms. The molecule has 8 heteroatoms. The van der Waals surface area contributed by atoms with Crippen molar-refractivity contribution >= 4 is 41.7 Å². The largest absolute Gasteiger partial charge is 0.357 e. The molecule has 3 N–H and O–H groups in total. The molecule has 0 spiro atoms. The molecule has 0 atom stereocenters. The Morgan fingerprint density at radius 1 is 1.10 bits per heavy atom. The van der Waals surface area contributed by atoms with Gasteiger partial charge in [0.2, 0.25) is 0 Å². The first-order chi connectivity index (χ1) is 14.2. The molecule has 0 saturated carbocycles. The second-order valence-corrected chi connectivity index (χ2v) is 6.96. The molecule has 1 heterocycles. The number of nitrogens with zero attached hydrogens (tertiary/aromatic N) is 2. The summed E-state index contributed by atoms with van der Waals surface area (Å²) in [6.45, 7) is 5.11. The molecule has 1 aliphatic heterocycles. The van der Waals surface area contributed by atoms with Crippen LogP contribution in [0.2, 0.25) is 0 Å². The van der Waals surface area contributed by atoms with Gasteiger partial charge < -0.3 is 20.9 Å². The summed E-state index contributed by atoms with van der Waals surface area (Å²) in [5.74, 6) is 0.375. The summed E-state index contributed by atoms with van der Waals surface area (Å²) in [6.07, 6.45) is 2.13. The number of amides is 2. The van der Waals surface area contributed by atoms with Crippen molar-refractivity contribution in [2.45, 2.75) is 32.9 Å². The molecule has 6 nitrogen and oxygen atoms in total. The van der Waals surface area contributed by atoms with Gasteiger partial charge in [-0.3, -0.25) is 0 Å². The molecule has 2 aromatic carbocycles. The molecule has 1 fully saturated rings. The zero-order valence-corrected chi connectivity index (χ0v) is 19.5. The molecule has 3 rings (SSSR count). The third-order valence-corrected chi connectivity index (χ3v) is 4.74. The molecular weight excluding hydrogens is 496 g/mol. The predicted octanol–water partition coefficient (Wildman–Crippen LogP) is 4.33. The number of benzene rings is 2. The van der Waals surface area contributed by atoms with Crippen LogP contribution in [0.3, 0.4) is 0 Å². The van der Waals surface area contributed by atoms with Gasteiger partial charge in [0.15, 0.2) is 5.96 Å². The van der Waals surface area contributed by atoms with E-state index in [1.54, 1.807) is 12.1 Å². The number of carbonyl (C=O) groups is 1. The number of guanidine groups is 1. The zero-order valence-electron chi connectivity index (χ0n) is 17.2. The van der Waals surface area contributed by atoms with Gasteiger partial charge in [0.05, 0.1) is 6.54 Å². The summed E-state index contributed by atoms with van der Waals surface area (Å²) in [4.78, 5) is 18.7. The van der Waals surface area contributed by atoms with Gasteiger partial charge in [0.25, 0.3) is 0 Å². The molecule has 162 valence electrons. The van der Waals surface area contributed by atoms with Crippen molar-refractivity contribution in [1.29, 1.82) is 0 Å². The highest BCUT2D eigenvalue weighted by Crippen LogP contribution is 2.15. The SMILES string of the molecule is CCNC(=NCc1cccc(NC(=O)N2CCCC2)c1)NCc1ccccc1F.I. The fourth-order valence-corrected chi connectivity index (χ4v) is 3.20. The topological polar surface area (TPSA) is 68.8 Å². The molecule has 0 radical (unpaired) electrons. The summed E-state index contributed by atoms with van der Waals surface area (Å²) in [7, 11) is 0. The van der Waals surface area contributed by atoms with Crippen LogP contribution in [-0.4, -0.2) is 36.5 Å². The minimum absolute atomic E-state index is 0. The van der Waals surface area contributed by atoms with Gasteiger partial charge in [0, 0.05) is 37.4 Å². The lowest BCUT2D eigenvalue weighted by atomic mass is 10.2. The third kappa shape index (κ3) is 7.16. The molecule has 1 saturated heterocycles. The van der Waals surface area contributed by atoms with Crippen molar-refractivity contribution in [3.05, 3.63) is 65.5 Å². The molecule has 0 unspecified atom stereocenters. The number of likely N-dealkylation sites (tertiary alicyclic amines) is 1. The van der Waals surface area contributed by atoms with Crippen LogP contribution >= 0.6 is 24.0 Å². The summed E-state index contributed by atoms with van der Waals surface area (Å²) >= 11 is 0. The predicted molar refractivity (Wildman–Crippen MR) is 130 cm³/mol. The minimum atomic E-state index is -0.239. The number of carbonyl (C=O) groups excluding carboxylic acids is 1. The highest BCUT2D eigenvalue weighted by molar-refractivity contribution is 14.0. The van der Waals surface area contributed by atoms with Crippen LogP contribution in [0.1, 0.15) is 30.9 Å². The van der Waals surface area contributed by atoms with Gasteiger partial charge in [-0.15, -0.1) is 24.0 Å². The van der Waals surface area contributed by atoms with E-state index in [9.17, 15) is 9.18 Å². The van der Waals surface area contributed by atoms with Crippen LogP contribution in [0, 0.1) is 5.82 Å². The summed E-state index contributed by atoms with van der Waals surface area (Å²) in [6, 6.07) is 14.3. The van der Waals surface area contributed by atoms with Gasteiger partial charge >= 0.3 is 6.03 Å². The second kappa shape index (κ2) is 12.4. The Morgan fingerprint density at radius 2 is 1.87 bits per heavy atom. The van der Waals surface area contributed by atoms with Crippen molar-refractivity contribution in [3.8, 4) is 0 Å². The highest BCUT2D eigenvalue weighted by atomic mass is 127. The van der Waals surface area contributed by atoms with Crippen molar-refractivity contribution in [2.75, 3.05) is 25.0 Å². The van der Waals surface area contributed by atoms with E-state index in [0.717, 1.165) is 37.2 Å². The Bertz CT molecular complexity index is 855. The normalized spacial score (nSPS) is 13.5. The van der Waals surface area contributed by atoms with Gasteiger partial charge in [-0.1, -0.05) is 30.3 Å². The standard InChI is InChI=1S/C22H28FN5O.HI/c1-2-24-21(26-16-18-9-3-4-11-20(18)23)25-15-17-8-7-10-19(14-17)27-22(29)28-12-5-6-13-28;/h3-4,7-11,14H,2,5-6,12-13,15-16H2,1H3,(H,27,29)(H2,24,25,26);1H. The van der Waals surface area contributed by atoms with Crippen LogP contribution in [0.15, 0.2) is 53.5 Å². The van der Waals surface area contributed by atoms with Gasteiger partial charge in [-0.05, 0) is 43.5 Å². The number of hydrogen-bond acceptors (Lipinski definition) is 2. The average molecular weight is 525 g/mol. The van der Waals surface area contributed by atoms with E-state index >= 15 is 0 Å². The van der Waals surface area contributed by atoms with E-state index in [0.29, 0.717) is 31.2 Å². The number of halogens is 2. The number of hydrogen-bond donors (Lipinski definition) is 3. The van der Waals surface area contributed by atoms with Crippen molar-refractivity contribution in [2.24, 2.45) is 4.99 Å². The van der Waals surface area contributed by atoms with Crippen LogP contribution < -0.4 is 16.0 Å². The van der Waals surface area contributed by atoms with Crippen molar-refractivity contribution < 1.29 is 9.18 Å². The summed E-state index contributed by atoms with van der Waals surface area (Å²) in [5.41, 5.74) is 2.33. The first-order valence-electron chi connectivity index (χ1n) is 10.1. The Kier molecular flexibility index (Phi) is 9.85. The number of anilines is 1. The Morgan fingerprint density at radius 3 is 2.60 bits per heavy atom. The fourth-order valence-electron chi connectivity index (χ4n) is 3.20. The van der Waals surface area contributed by atoms with Gasteiger partial charge in [-0.2, -0.15) is 0 Å². The molecule has 0 aliphatic carbocycles. The quantitative estimate of drug-likeness (QED) is 0.299. The van der Waals surface area contributed by atoms with Crippen LogP contribution in [0.5, 0.6) is 0 Å². The van der Waals surface area contributed by atoms with Gasteiger partial charge in [0.1, 0.15) is 5.82 Å². The smallest absolute Gasteiger partial charge is 0.321 e. The van der Waals surface area contributed by atoms with Crippen LogP contribution in [0.4, 0.5) is 14.9 Å². The third-order valence-electron chi connectivity index (χ3n) is 4.74. The zero-order chi connectivity index (χ0) is 20.5. The molecule has 2 amide bonds. The number of nitrogens with one attached hydrogen (secondary N) is 3. The van der Waals surface area contributed by atoms with Crippen molar-refractivity contribution in [3.63, 3.8) is 0 Å². The Hall–Kier alpha value is -2.36. The lowest BCUT2D eigenvalue weighted by Crippen LogP contribution is -2.37. The molecular formula is C22H29FIN5O. The van der Waals surface area contributed by atoms with E-state index in [2.05, 4.69) is 20.9 Å². The molecule has 2 aromatic rings. The maximum absolute atomic E-state index is 13.8. The second-order valence-electron chi connectivity index (χ2n) is 6.96. The van der Waals surface area contributed by atoms with Gasteiger partial charge in [-0.25, -0.2) is 14.2 Å². The molecule has 30 heavy (non-hydrogen) atoms. The maximum Gasteiger partial charge on any atom is 0.321 e. The number of urea groups is 1. The lowest BCUT2D eigenvalue weighted by Gasteiger charge is -2.16. The first-order valence-corrected chi connectivity index (χ1v) is 10.1. The maximum atomic E-state index is 13.8. The minimum Gasteiger partial charge on any atom is -0.357 e. The monoisotopic (exact) mass is 525 g/mol. The molecule has 1 aliphatic rings. The van der Waals surface area contributed by atoms with E-state index in [-0.39, 0.29) is 35.8 Å². The number of rotatable bonds is 6. The first kappa shape index (κ1) is 23.9. The summed E-state index contributed by atoms with van der Waals surface area (Å²) < 4.78 is 13.8. The van der Waals surface area contributed by atoms with E-state index in [4.69, 9.17) is 0 Å². The molecule has 0 aromatic heterocycles. The number of aliphatic imine (C=N–C) groups is 1. The van der Waals surface area contributed by atoms with Crippen LogP contribution in [-0.2, 0) is 13.1 Å². The Labute approximate surface area is 194 Å². The van der Waals surface area contributed by atoms with E-state index in [1.165, 1.54) is 6.07 Å². The van der Waals surface area contributed by atoms with E-state index in [1.807, 2.05) is 42.2 Å². The van der Waals surface area contributed by atoms with E-state index < -0.39 is 0 Å².